The van der Waals surface area contributed by atoms with Crippen LogP contribution in [0.2, 0.25) is 0 Å². The number of carbonyl (C=O) groups is 1. The third-order valence-electron chi connectivity index (χ3n) is 3.25. The van der Waals surface area contributed by atoms with Crippen molar-refractivity contribution in [3.63, 3.8) is 0 Å². The highest BCUT2D eigenvalue weighted by Gasteiger charge is 2.19. The molecule has 3 heteroatoms. The van der Waals surface area contributed by atoms with E-state index in [1.165, 1.54) is 0 Å². The van der Waals surface area contributed by atoms with E-state index in [0.29, 0.717) is 11.1 Å². The van der Waals surface area contributed by atoms with Gasteiger partial charge in [0.15, 0.2) is 5.78 Å². The van der Waals surface area contributed by atoms with Gasteiger partial charge in [0.2, 0.25) is 0 Å². The Labute approximate surface area is 116 Å². The number of benzene rings is 2. The number of aliphatic hydroxyl groups is 1. The van der Waals surface area contributed by atoms with E-state index in [9.17, 15) is 9.90 Å². The van der Waals surface area contributed by atoms with Crippen LogP contribution in [0.25, 0.3) is 10.9 Å². The van der Waals surface area contributed by atoms with Crippen LogP contribution in [0.15, 0.2) is 66.9 Å². The van der Waals surface area contributed by atoms with Crippen LogP contribution in [-0.2, 0) is 0 Å². The SMILES string of the molecule is O=C(c1ccc2cccnc2c1)C(O)c1ccccc1. The minimum absolute atomic E-state index is 0.316. The number of rotatable bonds is 3. The monoisotopic (exact) mass is 263 g/mol. The third-order valence-corrected chi connectivity index (χ3v) is 3.25. The molecule has 0 saturated carbocycles. The molecule has 0 aliphatic rings. The summed E-state index contributed by atoms with van der Waals surface area (Å²) < 4.78 is 0. The largest absolute Gasteiger partial charge is 0.380 e. The first-order valence-electron chi connectivity index (χ1n) is 6.38. The lowest BCUT2D eigenvalue weighted by atomic mass is 9.99. The van der Waals surface area contributed by atoms with Crippen molar-refractivity contribution in [2.75, 3.05) is 0 Å². The average Bonchev–Trinajstić information content (AvgIpc) is 2.54. The van der Waals surface area contributed by atoms with Gasteiger partial charge < -0.3 is 5.11 Å². The number of Topliss-reactive ketones (excluding diaryl/α,β-unsaturated/α-hetero) is 1. The van der Waals surface area contributed by atoms with Crippen LogP contribution >= 0.6 is 0 Å². The molecule has 0 aliphatic heterocycles. The van der Waals surface area contributed by atoms with E-state index in [0.717, 1.165) is 10.9 Å². The Bertz CT molecular complexity index is 753. The number of ketones is 1. The van der Waals surface area contributed by atoms with Crippen LogP contribution < -0.4 is 0 Å². The fourth-order valence-electron chi connectivity index (χ4n) is 2.16. The Hall–Kier alpha value is -2.52. The molecule has 3 nitrogen and oxygen atoms in total. The number of hydrogen-bond donors (Lipinski definition) is 1. The van der Waals surface area contributed by atoms with E-state index in [-0.39, 0.29) is 5.78 Å². The molecule has 1 heterocycles. The van der Waals surface area contributed by atoms with Gasteiger partial charge in [-0.15, -0.1) is 0 Å². The quantitative estimate of drug-likeness (QED) is 0.738. The summed E-state index contributed by atoms with van der Waals surface area (Å²) in [6.07, 6.45) is 0.543. The normalized spacial score (nSPS) is 12.2. The summed E-state index contributed by atoms with van der Waals surface area (Å²) in [4.78, 5) is 16.5. The van der Waals surface area contributed by atoms with Crippen molar-refractivity contribution < 1.29 is 9.90 Å². The molecule has 20 heavy (non-hydrogen) atoms. The fourth-order valence-corrected chi connectivity index (χ4v) is 2.16. The van der Waals surface area contributed by atoms with Crippen LogP contribution in [-0.4, -0.2) is 15.9 Å². The fraction of sp³-hybridized carbons (Fsp3) is 0.0588. The van der Waals surface area contributed by atoms with E-state index in [1.54, 1.807) is 42.6 Å². The topological polar surface area (TPSA) is 50.2 Å². The van der Waals surface area contributed by atoms with E-state index in [2.05, 4.69) is 4.98 Å². The third kappa shape index (κ3) is 2.31. The van der Waals surface area contributed by atoms with Crippen LogP contribution in [0, 0.1) is 0 Å². The Morgan fingerprint density at radius 2 is 1.80 bits per heavy atom. The van der Waals surface area contributed by atoms with Crippen molar-refractivity contribution in [3.05, 3.63) is 78.0 Å². The Kier molecular flexibility index (Phi) is 3.27. The summed E-state index contributed by atoms with van der Waals surface area (Å²) in [5, 5.41) is 11.1. The molecule has 1 aromatic heterocycles. The predicted molar refractivity (Wildman–Crippen MR) is 77.5 cm³/mol. The zero-order chi connectivity index (χ0) is 13.9. The zero-order valence-corrected chi connectivity index (χ0v) is 10.7. The van der Waals surface area contributed by atoms with Gasteiger partial charge >= 0.3 is 0 Å². The molecule has 1 unspecified atom stereocenters. The van der Waals surface area contributed by atoms with E-state index in [4.69, 9.17) is 0 Å². The number of nitrogens with zero attached hydrogens (tertiary/aromatic N) is 1. The lowest BCUT2D eigenvalue weighted by Gasteiger charge is -2.10. The molecule has 0 saturated heterocycles. The predicted octanol–water partition coefficient (Wildman–Crippen LogP) is 3.15. The van der Waals surface area contributed by atoms with Crippen LogP contribution in [0.1, 0.15) is 22.0 Å². The maximum absolute atomic E-state index is 12.3. The zero-order valence-electron chi connectivity index (χ0n) is 10.7. The van der Waals surface area contributed by atoms with Gasteiger partial charge in [0.05, 0.1) is 5.52 Å². The van der Waals surface area contributed by atoms with Crippen molar-refractivity contribution >= 4 is 16.7 Å². The van der Waals surface area contributed by atoms with Gasteiger partial charge in [0.25, 0.3) is 0 Å². The minimum Gasteiger partial charge on any atom is -0.380 e. The molecular weight excluding hydrogens is 250 g/mol. The molecule has 0 fully saturated rings. The maximum Gasteiger partial charge on any atom is 0.195 e. The highest BCUT2D eigenvalue weighted by atomic mass is 16.3. The Morgan fingerprint density at radius 1 is 1.00 bits per heavy atom. The van der Waals surface area contributed by atoms with Gasteiger partial charge in [-0.25, -0.2) is 0 Å². The summed E-state index contributed by atoms with van der Waals surface area (Å²) in [7, 11) is 0. The highest BCUT2D eigenvalue weighted by Crippen LogP contribution is 2.20. The Morgan fingerprint density at radius 3 is 2.60 bits per heavy atom. The molecule has 0 aliphatic carbocycles. The second-order valence-corrected chi connectivity index (χ2v) is 4.59. The molecular formula is C17H13NO2. The van der Waals surface area contributed by atoms with E-state index >= 15 is 0 Å². The molecule has 1 N–H and O–H groups in total. The first-order valence-corrected chi connectivity index (χ1v) is 6.38. The summed E-state index contributed by atoms with van der Waals surface area (Å²) in [5.41, 5.74) is 1.81. The lowest BCUT2D eigenvalue weighted by molar-refractivity contribution is 0.0747. The standard InChI is InChI=1S/C17H13NO2/c19-16(13-5-2-1-3-6-13)17(20)14-9-8-12-7-4-10-18-15(12)11-14/h1-11,16,19H. The molecule has 2 aromatic carbocycles. The second kappa shape index (κ2) is 5.23. The summed E-state index contributed by atoms with van der Waals surface area (Å²) in [6.45, 7) is 0. The van der Waals surface area contributed by atoms with Gasteiger partial charge in [-0.3, -0.25) is 9.78 Å². The summed E-state index contributed by atoms with van der Waals surface area (Å²) >= 11 is 0. The second-order valence-electron chi connectivity index (χ2n) is 4.59. The van der Waals surface area contributed by atoms with Crippen LogP contribution in [0.4, 0.5) is 0 Å². The van der Waals surface area contributed by atoms with Gasteiger partial charge in [0.1, 0.15) is 6.10 Å². The average molecular weight is 263 g/mol. The smallest absolute Gasteiger partial charge is 0.195 e. The van der Waals surface area contributed by atoms with E-state index < -0.39 is 6.10 Å². The Balaban J connectivity index is 1.96. The number of hydrogen-bond acceptors (Lipinski definition) is 3. The van der Waals surface area contributed by atoms with Gasteiger partial charge in [-0.1, -0.05) is 48.5 Å². The number of pyridine rings is 1. The number of carbonyl (C=O) groups excluding carboxylic acids is 1. The highest BCUT2D eigenvalue weighted by molar-refractivity contribution is 6.02. The van der Waals surface area contributed by atoms with E-state index in [1.807, 2.05) is 24.3 Å². The van der Waals surface area contributed by atoms with Crippen molar-refractivity contribution in [2.45, 2.75) is 6.10 Å². The molecule has 3 rings (SSSR count). The van der Waals surface area contributed by atoms with Gasteiger partial charge in [-0.2, -0.15) is 0 Å². The van der Waals surface area contributed by atoms with Crippen LogP contribution in [0.3, 0.4) is 0 Å². The number of aromatic nitrogens is 1. The van der Waals surface area contributed by atoms with Crippen molar-refractivity contribution in [2.24, 2.45) is 0 Å². The first kappa shape index (κ1) is 12.5. The maximum atomic E-state index is 12.3. The van der Waals surface area contributed by atoms with Crippen molar-refractivity contribution in [1.82, 2.24) is 4.98 Å². The molecule has 3 aromatic rings. The van der Waals surface area contributed by atoms with Gasteiger partial charge in [-0.05, 0) is 17.7 Å². The first-order chi connectivity index (χ1) is 9.75. The molecule has 1 atom stereocenters. The molecule has 0 bridgehead atoms. The van der Waals surface area contributed by atoms with Crippen molar-refractivity contribution in [1.29, 1.82) is 0 Å². The summed E-state index contributed by atoms with van der Waals surface area (Å²) in [6, 6.07) is 18.0. The molecule has 0 radical (unpaired) electrons. The molecule has 0 spiro atoms. The van der Waals surface area contributed by atoms with Crippen LogP contribution in [0.5, 0.6) is 0 Å². The minimum atomic E-state index is -1.14. The molecule has 98 valence electrons. The summed E-state index contributed by atoms with van der Waals surface area (Å²) in [5.74, 6) is -0.316. The lowest BCUT2D eigenvalue weighted by Crippen LogP contribution is -2.12. The van der Waals surface area contributed by atoms with Gasteiger partial charge in [0, 0.05) is 17.1 Å². The number of aliphatic hydroxyl groups excluding tert-OH is 1. The van der Waals surface area contributed by atoms with Crippen molar-refractivity contribution in [3.8, 4) is 0 Å². The number of fused-ring (bicyclic) bond motifs is 1. The molecule has 0 amide bonds.